The first-order valence-electron chi connectivity index (χ1n) is 6.84. The summed E-state index contributed by atoms with van der Waals surface area (Å²) in [6, 6.07) is 11.4. The van der Waals surface area contributed by atoms with Crippen molar-refractivity contribution in [2.45, 2.75) is 39.2 Å². The van der Waals surface area contributed by atoms with Gasteiger partial charge >= 0.3 is 0 Å². The van der Waals surface area contributed by atoms with Crippen molar-refractivity contribution in [1.29, 1.82) is 0 Å². The number of hydrogen-bond donors (Lipinski definition) is 0. The van der Waals surface area contributed by atoms with E-state index in [1.165, 1.54) is 16.9 Å². The molecule has 2 rings (SSSR count). The fourth-order valence-corrected chi connectivity index (χ4v) is 3.00. The Hall–Kier alpha value is -1.32. The van der Waals surface area contributed by atoms with Gasteiger partial charge in [0.15, 0.2) is 6.10 Å². The Morgan fingerprint density at radius 2 is 1.95 bits per heavy atom. The van der Waals surface area contributed by atoms with Crippen LogP contribution in [0.15, 0.2) is 36.4 Å². The molecule has 1 aromatic carbocycles. The molecule has 1 aromatic heterocycles. The van der Waals surface area contributed by atoms with Crippen LogP contribution in [-0.4, -0.2) is 11.9 Å². The van der Waals surface area contributed by atoms with Crippen molar-refractivity contribution < 1.29 is 9.53 Å². The molecule has 0 N–H and O–H groups in total. The van der Waals surface area contributed by atoms with Crippen LogP contribution >= 0.6 is 22.9 Å². The van der Waals surface area contributed by atoms with Gasteiger partial charge in [0.25, 0.3) is 0 Å². The summed E-state index contributed by atoms with van der Waals surface area (Å²) >= 11 is 7.14. The number of benzene rings is 1. The fourth-order valence-electron chi connectivity index (χ4n) is 1.94. The summed E-state index contributed by atoms with van der Waals surface area (Å²) in [6.45, 7) is 8.21. The van der Waals surface area contributed by atoms with Gasteiger partial charge in [0.05, 0.1) is 9.21 Å². The summed E-state index contributed by atoms with van der Waals surface area (Å²) < 4.78 is 6.40. The van der Waals surface area contributed by atoms with E-state index in [2.05, 4.69) is 26.8 Å². The molecule has 2 aromatic rings. The van der Waals surface area contributed by atoms with Crippen molar-refractivity contribution >= 4 is 28.7 Å². The van der Waals surface area contributed by atoms with Gasteiger partial charge in [-0.05, 0) is 42.2 Å². The highest BCUT2D eigenvalue weighted by Crippen LogP contribution is 2.27. The topological polar surface area (TPSA) is 26.3 Å². The minimum absolute atomic E-state index is 0.0481. The molecule has 1 heterocycles. The molecule has 1 unspecified atom stereocenters. The van der Waals surface area contributed by atoms with E-state index < -0.39 is 6.10 Å². The average molecular weight is 323 g/mol. The van der Waals surface area contributed by atoms with E-state index in [9.17, 15) is 4.79 Å². The Bertz CT molecular complexity index is 640. The molecule has 0 saturated carbocycles. The third kappa shape index (κ3) is 4.08. The molecule has 0 spiro atoms. The highest BCUT2D eigenvalue weighted by atomic mass is 35.5. The summed E-state index contributed by atoms with van der Waals surface area (Å²) in [4.78, 5) is 12.9. The Morgan fingerprint density at radius 1 is 1.24 bits per heavy atom. The number of carbonyl (C=O) groups excluding carboxylic acids is 1. The summed E-state index contributed by atoms with van der Waals surface area (Å²) in [5.41, 5.74) is 1.23. The molecule has 0 radical (unpaired) electrons. The van der Waals surface area contributed by atoms with Crippen LogP contribution in [0.1, 0.15) is 42.9 Å². The van der Waals surface area contributed by atoms with Crippen LogP contribution in [0.3, 0.4) is 0 Å². The summed E-state index contributed by atoms with van der Waals surface area (Å²) in [5.74, 6) is 0.666. The maximum Gasteiger partial charge on any atom is 0.212 e. The number of halogens is 1. The van der Waals surface area contributed by atoms with Crippen molar-refractivity contribution in [2.75, 3.05) is 0 Å². The first-order chi connectivity index (χ1) is 9.77. The Balaban J connectivity index is 2.13. The first-order valence-corrected chi connectivity index (χ1v) is 8.03. The molecule has 21 heavy (non-hydrogen) atoms. The minimum atomic E-state index is -0.532. The highest BCUT2D eigenvalue weighted by molar-refractivity contribution is 7.18. The molecule has 0 aliphatic carbocycles. The zero-order chi connectivity index (χ0) is 15.6. The largest absolute Gasteiger partial charge is 0.483 e. The average Bonchev–Trinajstić information content (AvgIpc) is 2.84. The molecule has 2 nitrogen and oxygen atoms in total. The number of carbonyl (C=O) groups is 1. The summed E-state index contributed by atoms with van der Waals surface area (Å²) in [6.07, 6.45) is -0.532. The van der Waals surface area contributed by atoms with E-state index >= 15 is 0 Å². The van der Waals surface area contributed by atoms with Gasteiger partial charge < -0.3 is 4.74 Å². The van der Waals surface area contributed by atoms with Gasteiger partial charge in [-0.3, -0.25) is 4.79 Å². The van der Waals surface area contributed by atoms with Crippen molar-refractivity contribution in [2.24, 2.45) is 0 Å². The van der Waals surface area contributed by atoms with Crippen LogP contribution < -0.4 is 4.74 Å². The fraction of sp³-hybridized carbons (Fsp3) is 0.353. The van der Waals surface area contributed by atoms with E-state index in [1.807, 2.05) is 18.2 Å². The Kier molecular flexibility index (Phi) is 4.74. The van der Waals surface area contributed by atoms with E-state index in [0.29, 0.717) is 15.0 Å². The van der Waals surface area contributed by atoms with Crippen molar-refractivity contribution in [3.63, 3.8) is 0 Å². The van der Waals surface area contributed by atoms with Crippen molar-refractivity contribution in [1.82, 2.24) is 0 Å². The van der Waals surface area contributed by atoms with Crippen LogP contribution in [0.4, 0.5) is 0 Å². The van der Waals surface area contributed by atoms with Crippen LogP contribution in [0.5, 0.6) is 5.75 Å². The third-order valence-corrected chi connectivity index (χ3v) is 4.44. The van der Waals surface area contributed by atoms with E-state index in [1.54, 1.807) is 19.1 Å². The monoisotopic (exact) mass is 322 g/mol. The van der Waals surface area contributed by atoms with Gasteiger partial charge in [0, 0.05) is 0 Å². The SMILES string of the molecule is CC(Oc1cccc(C(C)(C)C)c1)C(=O)c1ccc(Cl)s1. The molecule has 112 valence electrons. The maximum atomic E-state index is 12.3. The molecule has 0 fully saturated rings. The molecule has 4 heteroatoms. The lowest BCUT2D eigenvalue weighted by Gasteiger charge is -2.20. The van der Waals surface area contributed by atoms with Crippen LogP contribution in [0, 0.1) is 0 Å². The molecule has 0 bridgehead atoms. The van der Waals surface area contributed by atoms with E-state index in [4.69, 9.17) is 16.3 Å². The molecule has 1 atom stereocenters. The predicted octanol–water partition coefficient (Wildman–Crippen LogP) is 5.35. The van der Waals surface area contributed by atoms with Gasteiger partial charge in [-0.15, -0.1) is 11.3 Å². The second-order valence-corrected chi connectivity index (χ2v) is 7.72. The van der Waals surface area contributed by atoms with Crippen molar-refractivity contribution in [3.05, 3.63) is 51.2 Å². The number of ketones is 1. The lowest BCUT2D eigenvalue weighted by molar-refractivity contribution is 0.0822. The molecular formula is C17H19ClO2S. The predicted molar refractivity (Wildman–Crippen MR) is 88.9 cm³/mol. The van der Waals surface area contributed by atoms with E-state index in [0.717, 1.165) is 0 Å². The van der Waals surface area contributed by atoms with Crippen LogP contribution in [0.2, 0.25) is 4.34 Å². The number of rotatable bonds is 4. The molecule has 0 aliphatic heterocycles. The van der Waals surface area contributed by atoms with Gasteiger partial charge in [0.2, 0.25) is 5.78 Å². The van der Waals surface area contributed by atoms with Crippen LogP contribution in [0.25, 0.3) is 0 Å². The maximum absolute atomic E-state index is 12.3. The minimum Gasteiger partial charge on any atom is -0.483 e. The second kappa shape index (κ2) is 6.20. The summed E-state index contributed by atoms with van der Waals surface area (Å²) in [7, 11) is 0. The Morgan fingerprint density at radius 3 is 2.52 bits per heavy atom. The van der Waals surface area contributed by atoms with Crippen LogP contribution in [-0.2, 0) is 5.41 Å². The molecule has 0 amide bonds. The standard InChI is InChI=1S/C17H19ClO2S/c1-11(16(19)14-8-9-15(18)21-14)20-13-7-5-6-12(10-13)17(2,3)4/h5-11H,1-4H3. The van der Waals surface area contributed by atoms with Gasteiger partial charge in [-0.25, -0.2) is 0 Å². The Labute approximate surface area is 134 Å². The number of thiophene rings is 1. The zero-order valence-corrected chi connectivity index (χ0v) is 14.2. The smallest absolute Gasteiger partial charge is 0.212 e. The van der Waals surface area contributed by atoms with E-state index in [-0.39, 0.29) is 11.2 Å². The van der Waals surface area contributed by atoms with Crippen molar-refractivity contribution in [3.8, 4) is 5.75 Å². The normalized spacial score (nSPS) is 13.0. The lowest BCUT2D eigenvalue weighted by atomic mass is 9.87. The number of hydrogen-bond acceptors (Lipinski definition) is 3. The van der Waals surface area contributed by atoms with Gasteiger partial charge in [-0.1, -0.05) is 44.5 Å². The summed E-state index contributed by atoms with van der Waals surface area (Å²) in [5, 5.41) is 0. The molecule has 0 saturated heterocycles. The third-order valence-electron chi connectivity index (χ3n) is 3.20. The highest BCUT2D eigenvalue weighted by Gasteiger charge is 2.20. The molecular weight excluding hydrogens is 304 g/mol. The number of ether oxygens (including phenoxy) is 1. The quantitative estimate of drug-likeness (QED) is 0.709. The van der Waals surface area contributed by atoms with Gasteiger partial charge in [0.1, 0.15) is 5.75 Å². The molecule has 0 aliphatic rings. The van der Waals surface area contributed by atoms with Gasteiger partial charge in [-0.2, -0.15) is 0 Å². The second-order valence-electron chi connectivity index (χ2n) is 6.01. The lowest BCUT2D eigenvalue weighted by Crippen LogP contribution is -2.23. The number of Topliss-reactive ketones (excluding diaryl/α,β-unsaturated/α-hetero) is 1. The zero-order valence-electron chi connectivity index (χ0n) is 12.6. The first kappa shape index (κ1) is 16.1.